The van der Waals surface area contributed by atoms with Crippen molar-refractivity contribution in [1.29, 1.82) is 0 Å². The Hall–Kier alpha value is -1.61. The number of nitrogens with one attached hydrogen (secondary N) is 1. The Morgan fingerprint density at radius 2 is 1.90 bits per heavy atom. The van der Waals surface area contributed by atoms with Crippen molar-refractivity contribution in [1.82, 2.24) is 15.1 Å². The lowest BCUT2D eigenvalue weighted by Crippen LogP contribution is -2.25. The first-order valence-electron chi connectivity index (χ1n) is 7.89. The van der Waals surface area contributed by atoms with Crippen LogP contribution in [-0.4, -0.2) is 16.3 Å². The SMILES string of the molecule is CCNC(Cc1cc(C)nn1CC)c1ccc(C)cc1C. The molecule has 1 unspecified atom stereocenters. The lowest BCUT2D eigenvalue weighted by atomic mass is 9.96. The van der Waals surface area contributed by atoms with Crippen molar-refractivity contribution in [2.24, 2.45) is 0 Å². The summed E-state index contributed by atoms with van der Waals surface area (Å²) in [7, 11) is 0. The fraction of sp³-hybridized carbons (Fsp3) is 0.500. The highest BCUT2D eigenvalue weighted by Crippen LogP contribution is 2.23. The zero-order chi connectivity index (χ0) is 15.4. The number of hydrogen-bond donors (Lipinski definition) is 1. The van der Waals surface area contributed by atoms with E-state index in [2.05, 4.69) is 74.0 Å². The number of aryl methyl sites for hydroxylation is 4. The van der Waals surface area contributed by atoms with Gasteiger partial charge >= 0.3 is 0 Å². The minimum absolute atomic E-state index is 0.344. The maximum atomic E-state index is 4.56. The van der Waals surface area contributed by atoms with Gasteiger partial charge in [0, 0.05) is 24.7 Å². The largest absolute Gasteiger partial charge is 0.310 e. The summed E-state index contributed by atoms with van der Waals surface area (Å²) in [5, 5.41) is 8.19. The van der Waals surface area contributed by atoms with Gasteiger partial charge in [0.2, 0.25) is 0 Å². The highest BCUT2D eigenvalue weighted by Gasteiger charge is 2.16. The van der Waals surface area contributed by atoms with Gasteiger partial charge in [0.15, 0.2) is 0 Å². The normalized spacial score (nSPS) is 12.6. The number of rotatable bonds is 6. The van der Waals surface area contributed by atoms with Gasteiger partial charge in [-0.1, -0.05) is 30.7 Å². The van der Waals surface area contributed by atoms with Crippen molar-refractivity contribution in [3.8, 4) is 0 Å². The third-order valence-corrected chi connectivity index (χ3v) is 3.95. The predicted molar refractivity (Wildman–Crippen MR) is 88.7 cm³/mol. The third kappa shape index (κ3) is 3.73. The Kier molecular flexibility index (Phi) is 5.18. The molecule has 0 saturated carbocycles. The van der Waals surface area contributed by atoms with Gasteiger partial charge in [-0.25, -0.2) is 0 Å². The summed E-state index contributed by atoms with van der Waals surface area (Å²) in [6.45, 7) is 12.6. The fourth-order valence-corrected chi connectivity index (χ4v) is 3.00. The van der Waals surface area contributed by atoms with E-state index in [1.807, 2.05) is 0 Å². The molecule has 114 valence electrons. The number of aromatic nitrogens is 2. The average Bonchev–Trinajstić information content (AvgIpc) is 2.78. The molecule has 0 amide bonds. The zero-order valence-corrected chi connectivity index (χ0v) is 13.9. The Labute approximate surface area is 128 Å². The molecule has 0 aliphatic rings. The Bertz CT molecular complexity index is 599. The Morgan fingerprint density at radius 3 is 2.52 bits per heavy atom. The monoisotopic (exact) mass is 285 g/mol. The average molecular weight is 285 g/mol. The highest BCUT2D eigenvalue weighted by molar-refractivity contribution is 5.33. The predicted octanol–water partition coefficient (Wildman–Crippen LogP) is 3.72. The van der Waals surface area contributed by atoms with Crippen LogP contribution >= 0.6 is 0 Å². The second kappa shape index (κ2) is 6.90. The van der Waals surface area contributed by atoms with Gasteiger partial charge in [-0.3, -0.25) is 4.68 Å². The van der Waals surface area contributed by atoms with Crippen LogP contribution in [-0.2, 0) is 13.0 Å². The van der Waals surface area contributed by atoms with E-state index in [-0.39, 0.29) is 0 Å². The molecule has 1 aromatic heterocycles. The van der Waals surface area contributed by atoms with Gasteiger partial charge in [0.1, 0.15) is 0 Å². The van der Waals surface area contributed by atoms with E-state index in [1.165, 1.54) is 22.4 Å². The highest BCUT2D eigenvalue weighted by atomic mass is 15.3. The van der Waals surface area contributed by atoms with Crippen molar-refractivity contribution in [3.05, 3.63) is 52.3 Å². The van der Waals surface area contributed by atoms with Crippen molar-refractivity contribution < 1.29 is 0 Å². The van der Waals surface area contributed by atoms with Gasteiger partial charge in [0.25, 0.3) is 0 Å². The van der Waals surface area contributed by atoms with Crippen LogP contribution in [0.4, 0.5) is 0 Å². The standard InChI is InChI=1S/C18H27N3/c1-6-19-18(17-9-8-13(3)10-14(17)4)12-16-11-15(5)20-21(16)7-2/h8-11,18-19H,6-7,12H2,1-5H3. The van der Waals surface area contributed by atoms with Crippen LogP contribution in [0.1, 0.15) is 48.0 Å². The topological polar surface area (TPSA) is 29.9 Å². The molecule has 3 nitrogen and oxygen atoms in total. The van der Waals surface area contributed by atoms with Crippen molar-refractivity contribution in [2.75, 3.05) is 6.54 Å². The molecule has 2 aromatic rings. The molecule has 0 saturated heterocycles. The number of hydrogen-bond acceptors (Lipinski definition) is 2. The maximum Gasteiger partial charge on any atom is 0.0596 e. The molecule has 0 radical (unpaired) electrons. The third-order valence-electron chi connectivity index (χ3n) is 3.95. The molecular formula is C18H27N3. The second-order valence-electron chi connectivity index (χ2n) is 5.77. The molecule has 0 fully saturated rings. The molecular weight excluding hydrogens is 258 g/mol. The van der Waals surface area contributed by atoms with E-state index in [0.717, 1.165) is 25.2 Å². The smallest absolute Gasteiger partial charge is 0.0596 e. The molecule has 1 N–H and O–H groups in total. The quantitative estimate of drug-likeness (QED) is 0.876. The summed E-state index contributed by atoms with van der Waals surface area (Å²) in [5.41, 5.74) is 6.48. The number of nitrogens with zero attached hydrogens (tertiary/aromatic N) is 2. The van der Waals surface area contributed by atoms with E-state index in [9.17, 15) is 0 Å². The first kappa shape index (κ1) is 15.8. The summed E-state index contributed by atoms with van der Waals surface area (Å²) in [4.78, 5) is 0. The summed E-state index contributed by atoms with van der Waals surface area (Å²) < 4.78 is 2.11. The van der Waals surface area contributed by atoms with Gasteiger partial charge in [0.05, 0.1) is 5.69 Å². The van der Waals surface area contributed by atoms with Gasteiger partial charge in [-0.15, -0.1) is 0 Å². The molecule has 0 aliphatic heterocycles. The molecule has 1 atom stereocenters. The van der Waals surface area contributed by atoms with Crippen LogP contribution in [0.3, 0.4) is 0 Å². The van der Waals surface area contributed by atoms with Crippen molar-refractivity contribution >= 4 is 0 Å². The van der Waals surface area contributed by atoms with Gasteiger partial charge < -0.3 is 5.32 Å². The Balaban J connectivity index is 2.30. The minimum atomic E-state index is 0.344. The van der Waals surface area contributed by atoms with Crippen LogP contribution in [0.25, 0.3) is 0 Å². The number of likely N-dealkylation sites (N-methyl/N-ethyl adjacent to an activating group) is 1. The second-order valence-corrected chi connectivity index (χ2v) is 5.77. The first-order valence-corrected chi connectivity index (χ1v) is 7.89. The zero-order valence-electron chi connectivity index (χ0n) is 13.9. The molecule has 1 aromatic carbocycles. The molecule has 1 heterocycles. The van der Waals surface area contributed by atoms with Crippen LogP contribution in [0.5, 0.6) is 0 Å². The summed E-state index contributed by atoms with van der Waals surface area (Å²) in [6, 6.07) is 9.28. The van der Waals surface area contributed by atoms with E-state index in [4.69, 9.17) is 0 Å². The van der Waals surface area contributed by atoms with E-state index >= 15 is 0 Å². The minimum Gasteiger partial charge on any atom is -0.310 e. The van der Waals surface area contributed by atoms with Crippen LogP contribution < -0.4 is 5.32 Å². The van der Waals surface area contributed by atoms with Crippen LogP contribution in [0.2, 0.25) is 0 Å². The Morgan fingerprint density at radius 1 is 1.14 bits per heavy atom. The van der Waals surface area contributed by atoms with Crippen molar-refractivity contribution in [3.63, 3.8) is 0 Å². The summed E-state index contributed by atoms with van der Waals surface area (Å²) in [5.74, 6) is 0. The molecule has 21 heavy (non-hydrogen) atoms. The lowest BCUT2D eigenvalue weighted by Gasteiger charge is -2.21. The fourth-order valence-electron chi connectivity index (χ4n) is 3.00. The molecule has 2 rings (SSSR count). The maximum absolute atomic E-state index is 4.56. The molecule has 0 spiro atoms. The van der Waals surface area contributed by atoms with Gasteiger partial charge in [-0.2, -0.15) is 5.10 Å². The summed E-state index contributed by atoms with van der Waals surface area (Å²) in [6.07, 6.45) is 0.979. The lowest BCUT2D eigenvalue weighted by molar-refractivity contribution is 0.514. The first-order chi connectivity index (χ1) is 10.0. The van der Waals surface area contributed by atoms with E-state index < -0.39 is 0 Å². The molecule has 0 aliphatic carbocycles. The number of benzene rings is 1. The van der Waals surface area contributed by atoms with E-state index in [1.54, 1.807) is 0 Å². The van der Waals surface area contributed by atoms with Gasteiger partial charge in [-0.05, 0) is 51.4 Å². The molecule has 0 bridgehead atoms. The van der Waals surface area contributed by atoms with E-state index in [0.29, 0.717) is 6.04 Å². The van der Waals surface area contributed by atoms with Crippen LogP contribution in [0.15, 0.2) is 24.3 Å². The summed E-state index contributed by atoms with van der Waals surface area (Å²) >= 11 is 0. The van der Waals surface area contributed by atoms with Crippen molar-refractivity contribution in [2.45, 2.75) is 53.6 Å². The van der Waals surface area contributed by atoms with Crippen LogP contribution in [0, 0.1) is 20.8 Å². The molecule has 3 heteroatoms.